The van der Waals surface area contributed by atoms with Gasteiger partial charge >= 0.3 is 0 Å². The van der Waals surface area contributed by atoms with Gasteiger partial charge in [-0.15, -0.1) is 5.10 Å². The summed E-state index contributed by atoms with van der Waals surface area (Å²) in [5.41, 5.74) is 1.84. The van der Waals surface area contributed by atoms with E-state index in [1.807, 2.05) is 31.2 Å². The van der Waals surface area contributed by atoms with Gasteiger partial charge in [0, 0.05) is 11.6 Å². The van der Waals surface area contributed by atoms with Crippen molar-refractivity contribution in [1.29, 1.82) is 0 Å². The zero-order valence-corrected chi connectivity index (χ0v) is 13.7. The third-order valence-corrected chi connectivity index (χ3v) is 4.31. The molecule has 0 aliphatic rings. The van der Waals surface area contributed by atoms with E-state index in [4.69, 9.17) is 16.3 Å². The van der Waals surface area contributed by atoms with Crippen molar-refractivity contribution in [3.05, 3.63) is 41.4 Å². The first-order valence-electron chi connectivity index (χ1n) is 6.87. The van der Waals surface area contributed by atoms with Crippen LogP contribution in [0.15, 0.2) is 36.4 Å². The van der Waals surface area contributed by atoms with Crippen LogP contribution in [0, 0.1) is 0 Å². The minimum Gasteiger partial charge on any atom is -0.507 e. The van der Waals surface area contributed by atoms with Crippen molar-refractivity contribution in [2.24, 2.45) is 0 Å². The first-order chi connectivity index (χ1) is 11.1. The van der Waals surface area contributed by atoms with Gasteiger partial charge < -0.3 is 14.9 Å². The summed E-state index contributed by atoms with van der Waals surface area (Å²) in [6.45, 7) is 2.53. The fourth-order valence-corrected chi connectivity index (χ4v) is 3.01. The van der Waals surface area contributed by atoms with Crippen LogP contribution in [-0.4, -0.2) is 26.4 Å². The predicted octanol–water partition coefficient (Wildman–Crippen LogP) is 4.34. The Kier molecular flexibility index (Phi) is 4.36. The standard InChI is InChI=1S/C16H13ClN2O3S/c1-2-22-10-5-3-9(4-6-10)16-15(18-19-23-16)11-7-12(17)14(21)8-13(11)20/h3-8,20-21H,2H2,1H3. The van der Waals surface area contributed by atoms with E-state index < -0.39 is 0 Å². The van der Waals surface area contributed by atoms with Crippen molar-refractivity contribution in [1.82, 2.24) is 9.59 Å². The normalized spacial score (nSPS) is 10.7. The second kappa shape index (κ2) is 6.44. The summed E-state index contributed by atoms with van der Waals surface area (Å²) in [6.07, 6.45) is 0. The van der Waals surface area contributed by atoms with Gasteiger partial charge in [0.2, 0.25) is 0 Å². The Morgan fingerprint density at radius 2 is 1.87 bits per heavy atom. The molecule has 0 aliphatic heterocycles. The van der Waals surface area contributed by atoms with E-state index in [0.29, 0.717) is 17.9 Å². The van der Waals surface area contributed by atoms with Gasteiger partial charge in [0.25, 0.3) is 0 Å². The largest absolute Gasteiger partial charge is 0.507 e. The van der Waals surface area contributed by atoms with E-state index in [1.54, 1.807) is 0 Å². The number of hydrogen-bond acceptors (Lipinski definition) is 6. The molecular weight excluding hydrogens is 336 g/mol. The highest BCUT2D eigenvalue weighted by molar-refractivity contribution is 7.09. The van der Waals surface area contributed by atoms with Crippen LogP contribution in [0.3, 0.4) is 0 Å². The Balaban J connectivity index is 2.04. The van der Waals surface area contributed by atoms with Crippen LogP contribution in [0.2, 0.25) is 5.02 Å². The van der Waals surface area contributed by atoms with E-state index >= 15 is 0 Å². The van der Waals surface area contributed by atoms with Gasteiger partial charge in [0.1, 0.15) is 22.9 Å². The molecule has 0 amide bonds. The fraction of sp³-hybridized carbons (Fsp3) is 0.125. The molecule has 3 aromatic rings. The van der Waals surface area contributed by atoms with Crippen LogP contribution in [0.5, 0.6) is 17.2 Å². The monoisotopic (exact) mass is 348 g/mol. The zero-order chi connectivity index (χ0) is 16.4. The molecular formula is C16H13ClN2O3S. The summed E-state index contributed by atoms with van der Waals surface area (Å²) < 4.78 is 9.40. The quantitative estimate of drug-likeness (QED) is 0.733. The van der Waals surface area contributed by atoms with Gasteiger partial charge in [-0.05, 0) is 54.4 Å². The lowest BCUT2D eigenvalue weighted by Gasteiger charge is -2.07. The van der Waals surface area contributed by atoms with Gasteiger partial charge in [0.15, 0.2) is 0 Å². The Morgan fingerprint density at radius 1 is 1.13 bits per heavy atom. The van der Waals surface area contributed by atoms with Crippen molar-refractivity contribution in [3.63, 3.8) is 0 Å². The number of rotatable bonds is 4. The number of phenolic OH excluding ortho intramolecular Hbond substituents is 2. The maximum Gasteiger partial charge on any atom is 0.137 e. The lowest BCUT2D eigenvalue weighted by atomic mass is 10.1. The van der Waals surface area contributed by atoms with E-state index in [0.717, 1.165) is 16.2 Å². The minimum absolute atomic E-state index is 0.105. The summed E-state index contributed by atoms with van der Waals surface area (Å²) >= 11 is 7.15. The Bertz CT molecular complexity index is 834. The lowest BCUT2D eigenvalue weighted by Crippen LogP contribution is -1.90. The topological polar surface area (TPSA) is 75.5 Å². The number of halogens is 1. The van der Waals surface area contributed by atoms with Crippen LogP contribution in [0.1, 0.15) is 6.92 Å². The van der Waals surface area contributed by atoms with E-state index in [-0.39, 0.29) is 16.5 Å². The van der Waals surface area contributed by atoms with E-state index in [1.165, 1.54) is 23.7 Å². The zero-order valence-electron chi connectivity index (χ0n) is 12.2. The second-order valence-electron chi connectivity index (χ2n) is 4.73. The molecule has 23 heavy (non-hydrogen) atoms. The van der Waals surface area contributed by atoms with Gasteiger partial charge in [-0.1, -0.05) is 16.1 Å². The summed E-state index contributed by atoms with van der Waals surface area (Å²) in [4.78, 5) is 0.796. The number of nitrogens with zero attached hydrogens (tertiary/aromatic N) is 2. The fourth-order valence-electron chi connectivity index (χ4n) is 2.17. The van der Waals surface area contributed by atoms with Crippen molar-refractivity contribution in [3.8, 4) is 38.9 Å². The lowest BCUT2D eigenvalue weighted by molar-refractivity contribution is 0.340. The number of benzene rings is 2. The summed E-state index contributed by atoms with van der Waals surface area (Å²) in [5, 5.41) is 23.9. The maximum atomic E-state index is 10.1. The Labute approximate surface area is 141 Å². The highest BCUT2D eigenvalue weighted by Crippen LogP contribution is 2.41. The van der Waals surface area contributed by atoms with Crippen molar-refractivity contribution >= 4 is 23.1 Å². The SMILES string of the molecule is CCOc1ccc(-c2snnc2-c2cc(Cl)c(O)cc2O)cc1. The smallest absolute Gasteiger partial charge is 0.137 e. The second-order valence-corrected chi connectivity index (χ2v) is 5.89. The molecule has 0 saturated heterocycles. The third-order valence-electron chi connectivity index (χ3n) is 3.24. The van der Waals surface area contributed by atoms with Crippen LogP contribution in [-0.2, 0) is 0 Å². The minimum atomic E-state index is -0.182. The molecule has 0 unspecified atom stereocenters. The molecule has 3 rings (SSSR count). The molecule has 0 fully saturated rings. The molecule has 0 radical (unpaired) electrons. The van der Waals surface area contributed by atoms with Crippen LogP contribution in [0.4, 0.5) is 0 Å². The number of phenols is 2. The maximum absolute atomic E-state index is 10.1. The molecule has 118 valence electrons. The van der Waals surface area contributed by atoms with E-state index in [9.17, 15) is 10.2 Å². The number of hydrogen-bond donors (Lipinski definition) is 2. The van der Waals surface area contributed by atoms with Gasteiger partial charge in [-0.25, -0.2) is 0 Å². The molecule has 0 saturated carbocycles. The van der Waals surface area contributed by atoms with Gasteiger partial charge in [0.05, 0.1) is 16.5 Å². The molecule has 0 bridgehead atoms. The number of ether oxygens (including phenoxy) is 1. The van der Waals surface area contributed by atoms with Crippen molar-refractivity contribution < 1.29 is 14.9 Å². The van der Waals surface area contributed by atoms with Crippen LogP contribution in [0.25, 0.3) is 21.7 Å². The molecule has 1 heterocycles. The summed E-state index contributed by atoms with van der Waals surface area (Å²) in [7, 11) is 0. The molecule has 5 nitrogen and oxygen atoms in total. The van der Waals surface area contributed by atoms with Gasteiger partial charge in [-0.3, -0.25) is 0 Å². The molecule has 0 spiro atoms. The van der Waals surface area contributed by atoms with Crippen LogP contribution < -0.4 is 4.74 Å². The average molecular weight is 349 g/mol. The highest BCUT2D eigenvalue weighted by Gasteiger charge is 2.18. The summed E-state index contributed by atoms with van der Waals surface area (Å²) in [5.74, 6) is 0.497. The first-order valence-corrected chi connectivity index (χ1v) is 8.02. The number of aromatic nitrogens is 2. The molecule has 0 atom stereocenters. The molecule has 7 heteroatoms. The first kappa shape index (κ1) is 15.6. The van der Waals surface area contributed by atoms with E-state index in [2.05, 4.69) is 9.59 Å². The molecule has 2 N–H and O–H groups in total. The third kappa shape index (κ3) is 3.09. The van der Waals surface area contributed by atoms with Crippen molar-refractivity contribution in [2.45, 2.75) is 6.92 Å². The predicted molar refractivity (Wildman–Crippen MR) is 90.3 cm³/mol. The highest BCUT2D eigenvalue weighted by atomic mass is 35.5. The van der Waals surface area contributed by atoms with Crippen LogP contribution >= 0.6 is 23.1 Å². The average Bonchev–Trinajstić information content (AvgIpc) is 3.01. The molecule has 0 aliphatic carbocycles. The number of aromatic hydroxyl groups is 2. The molecule has 1 aromatic heterocycles. The van der Waals surface area contributed by atoms with Gasteiger partial charge in [-0.2, -0.15) is 0 Å². The molecule has 2 aromatic carbocycles. The Morgan fingerprint density at radius 3 is 2.57 bits per heavy atom. The summed E-state index contributed by atoms with van der Waals surface area (Å²) in [6, 6.07) is 10.2. The Hall–Kier alpha value is -2.31. The van der Waals surface area contributed by atoms with Crippen molar-refractivity contribution in [2.75, 3.05) is 6.61 Å².